The molecule has 0 saturated carbocycles. The quantitative estimate of drug-likeness (QED) is 0.830. The van der Waals surface area contributed by atoms with Crippen molar-refractivity contribution in [1.82, 2.24) is 4.90 Å². The Balaban J connectivity index is 1.62. The first-order valence-electron chi connectivity index (χ1n) is 7.96. The Hall–Kier alpha value is -1.66. The van der Waals surface area contributed by atoms with E-state index in [2.05, 4.69) is 21.2 Å². The number of amides is 2. The van der Waals surface area contributed by atoms with E-state index >= 15 is 0 Å². The Bertz CT molecular complexity index is 749. The second kappa shape index (κ2) is 7.49. The molecule has 0 fully saturated rings. The van der Waals surface area contributed by atoms with Crippen LogP contribution >= 0.6 is 27.3 Å². The maximum atomic E-state index is 12.6. The van der Waals surface area contributed by atoms with E-state index in [0.717, 1.165) is 22.2 Å². The number of hydrogen-bond donors (Lipinski definition) is 1. The van der Waals surface area contributed by atoms with E-state index in [0.29, 0.717) is 5.69 Å². The average molecular weight is 407 g/mol. The number of thiophene rings is 1. The van der Waals surface area contributed by atoms with Gasteiger partial charge in [-0.2, -0.15) is 0 Å². The highest BCUT2D eigenvalue weighted by molar-refractivity contribution is 9.10. The molecule has 0 saturated heterocycles. The van der Waals surface area contributed by atoms with Crippen LogP contribution in [0.15, 0.2) is 34.8 Å². The van der Waals surface area contributed by atoms with Crippen molar-refractivity contribution in [1.29, 1.82) is 0 Å². The SMILES string of the molecule is CN(CC(=O)Nc1ccccc1Br)C(=O)c1cc2c(s1)CCCC2. The number of likely N-dealkylation sites (N-methyl/N-ethyl adjacent to an activating group) is 1. The van der Waals surface area contributed by atoms with Gasteiger partial charge in [0.05, 0.1) is 17.1 Å². The van der Waals surface area contributed by atoms with E-state index in [1.54, 1.807) is 18.4 Å². The summed E-state index contributed by atoms with van der Waals surface area (Å²) in [6.45, 7) is 0.0305. The number of fused-ring (bicyclic) bond motifs is 1. The predicted octanol–water partition coefficient (Wildman–Crippen LogP) is 4.10. The molecule has 0 atom stereocenters. The van der Waals surface area contributed by atoms with Crippen LogP contribution in [0.1, 0.15) is 33.0 Å². The van der Waals surface area contributed by atoms with E-state index in [1.165, 1.54) is 28.2 Å². The van der Waals surface area contributed by atoms with Gasteiger partial charge in [-0.25, -0.2) is 0 Å². The highest BCUT2D eigenvalue weighted by atomic mass is 79.9. The molecule has 0 spiro atoms. The Kier molecular flexibility index (Phi) is 5.36. The van der Waals surface area contributed by atoms with E-state index in [9.17, 15) is 9.59 Å². The number of rotatable bonds is 4. The number of carbonyl (C=O) groups is 2. The molecule has 0 aliphatic heterocycles. The van der Waals surface area contributed by atoms with Crippen molar-refractivity contribution in [3.05, 3.63) is 50.1 Å². The molecule has 0 unspecified atom stereocenters. The van der Waals surface area contributed by atoms with Crippen molar-refractivity contribution >= 4 is 44.8 Å². The molecule has 1 heterocycles. The maximum Gasteiger partial charge on any atom is 0.264 e. The number of anilines is 1. The summed E-state index contributed by atoms with van der Waals surface area (Å²) in [5, 5.41) is 2.82. The lowest BCUT2D eigenvalue weighted by Crippen LogP contribution is -2.34. The van der Waals surface area contributed by atoms with Crippen LogP contribution in [0, 0.1) is 0 Å². The van der Waals surface area contributed by atoms with Gasteiger partial charge in [0.1, 0.15) is 0 Å². The van der Waals surface area contributed by atoms with Gasteiger partial charge in [0.15, 0.2) is 0 Å². The molecule has 3 rings (SSSR count). The summed E-state index contributed by atoms with van der Waals surface area (Å²) in [6.07, 6.45) is 4.53. The summed E-state index contributed by atoms with van der Waals surface area (Å²) < 4.78 is 0.818. The number of nitrogens with zero attached hydrogens (tertiary/aromatic N) is 1. The van der Waals surface area contributed by atoms with Crippen LogP contribution in [0.4, 0.5) is 5.69 Å². The molecule has 0 bridgehead atoms. The largest absolute Gasteiger partial charge is 0.332 e. The number of para-hydroxylation sites is 1. The van der Waals surface area contributed by atoms with Crippen LogP contribution in [0.5, 0.6) is 0 Å². The third-order valence-corrected chi connectivity index (χ3v) is 6.00. The standard InChI is InChI=1S/C18H19BrN2O2S/c1-21(11-17(22)20-14-8-4-3-7-13(14)19)18(23)16-10-12-6-2-5-9-15(12)24-16/h3-4,7-8,10H,2,5-6,9,11H2,1H3,(H,20,22). The van der Waals surface area contributed by atoms with Crippen LogP contribution in [-0.2, 0) is 17.6 Å². The van der Waals surface area contributed by atoms with Crippen LogP contribution in [0.25, 0.3) is 0 Å². The zero-order chi connectivity index (χ0) is 17.1. The molecule has 2 amide bonds. The Morgan fingerprint density at radius 1 is 1.25 bits per heavy atom. The van der Waals surface area contributed by atoms with E-state index < -0.39 is 0 Å². The first-order valence-corrected chi connectivity index (χ1v) is 9.57. The van der Waals surface area contributed by atoms with Gasteiger partial charge >= 0.3 is 0 Å². The van der Waals surface area contributed by atoms with E-state index in [-0.39, 0.29) is 18.4 Å². The number of halogens is 1. The topological polar surface area (TPSA) is 49.4 Å². The first kappa shape index (κ1) is 17.2. The zero-order valence-corrected chi connectivity index (χ0v) is 15.9. The lowest BCUT2D eigenvalue weighted by atomic mass is 9.99. The third-order valence-electron chi connectivity index (χ3n) is 4.08. The molecule has 4 nitrogen and oxygen atoms in total. The molecule has 6 heteroatoms. The minimum atomic E-state index is -0.209. The lowest BCUT2D eigenvalue weighted by Gasteiger charge is -2.16. The average Bonchev–Trinajstić information content (AvgIpc) is 3.00. The summed E-state index contributed by atoms with van der Waals surface area (Å²) in [5.74, 6) is -0.296. The van der Waals surface area contributed by atoms with Gasteiger partial charge < -0.3 is 10.2 Å². The highest BCUT2D eigenvalue weighted by Gasteiger charge is 2.21. The summed E-state index contributed by atoms with van der Waals surface area (Å²) in [6, 6.07) is 9.42. The Labute approximate surface area is 154 Å². The van der Waals surface area contributed by atoms with Gasteiger partial charge in [0.25, 0.3) is 5.91 Å². The van der Waals surface area contributed by atoms with Crippen molar-refractivity contribution in [3.8, 4) is 0 Å². The molecule has 1 N–H and O–H groups in total. The van der Waals surface area contributed by atoms with Crippen molar-refractivity contribution in [2.75, 3.05) is 18.9 Å². The molecule has 1 aromatic heterocycles. The van der Waals surface area contributed by atoms with Gasteiger partial charge in [-0.3, -0.25) is 9.59 Å². The van der Waals surface area contributed by atoms with Crippen molar-refractivity contribution < 1.29 is 9.59 Å². The second-order valence-corrected chi connectivity index (χ2v) is 7.95. The normalized spacial score (nSPS) is 13.2. The minimum absolute atomic E-state index is 0.0305. The summed E-state index contributed by atoms with van der Waals surface area (Å²) in [7, 11) is 1.67. The number of carbonyl (C=O) groups excluding carboxylic acids is 2. The fourth-order valence-corrected chi connectivity index (χ4v) is 4.46. The van der Waals surface area contributed by atoms with Gasteiger partial charge in [0.2, 0.25) is 5.91 Å². The van der Waals surface area contributed by atoms with Crippen molar-refractivity contribution in [3.63, 3.8) is 0 Å². The number of aryl methyl sites for hydroxylation is 2. The van der Waals surface area contributed by atoms with Gasteiger partial charge in [-0.1, -0.05) is 12.1 Å². The number of hydrogen-bond acceptors (Lipinski definition) is 3. The second-order valence-electron chi connectivity index (χ2n) is 5.96. The van der Waals surface area contributed by atoms with Gasteiger partial charge in [-0.15, -0.1) is 11.3 Å². The van der Waals surface area contributed by atoms with Crippen LogP contribution < -0.4 is 5.32 Å². The smallest absolute Gasteiger partial charge is 0.264 e. The Morgan fingerprint density at radius 3 is 2.75 bits per heavy atom. The molecule has 0 radical (unpaired) electrons. The fourth-order valence-electron chi connectivity index (χ4n) is 2.82. The number of benzene rings is 1. The minimum Gasteiger partial charge on any atom is -0.332 e. The molecule has 1 aliphatic carbocycles. The lowest BCUT2D eigenvalue weighted by molar-refractivity contribution is -0.116. The first-order chi connectivity index (χ1) is 11.5. The zero-order valence-electron chi connectivity index (χ0n) is 13.5. The van der Waals surface area contributed by atoms with Gasteiger partial charge in [0, 0.05) is 16.4 Å². The molecule has 2 aromatic rings. The monoisotopic (exact) mass is 406 g/mol. The predicted molar refractivity (Wildman–Crippen MR) is 101 cm³/mol. The molecule has 1 aromatic carbocycles. The van der Waals surface area contributed by atoms with Crippen LogP contribution in [0.3, 0.4) is 0 Å². The molecule has 126 valence electrons. The summed E-state index contributed by atoms with van der Waals surface area (Å²) in [4.78, 5) is 28.3. The fraction of sp³-hybridized carbons (Fsp3) is 0.333. The summed E-state index contributed by atoms with van der Waals surface area (Å²) >= 11 is 4.97. The number of nitrogens with one attached hydrogen (secondary N) is 1. The molecule has 24 heavy (non-hydrogen) atoms. The molecule has 1 aliphatic rings. The summed E-state index contributed by atoms with van der Waals surface area (Å²) in [5.41, 5.74) is 2.01. The third kappa shape index (κ3) is 3.87. The van der Waals surface area contributed by atoms with Crippen LogP contribution in [0.2, 0.25) is 0 Å². The van der Waals surface area contributed by atoms with Crippen molar-refractivity contribution in [2.45, 2.75) is 25.7 Å². The van der Waals surface area contributed by atoms with Gasteiger partial charge in [-0.05, 0) is 65.4 Å². The van der Waals surface area contributed by atoms with Crippen LogP contribution in [-0.4, -0.2) is 30.3 Å². The molecular weight excluding hydrogens is 388 g/mol. The Morgan fingerprint density at radius 2 is 2.00 bits per heavy atom. The molecular formula is C18H19BrN2O2S. The van der Waals surface area contributed by atoms with E-state index in [1.807, 2.05) is 30.3 Å². The highest BCUT2D eigenvalue weighted by Crippen LogP contribution is 2.30. The van der Waals surface area contributed by atoms with E-state index in [4.69, 9.17) is 0 Å². The van der Waals surface area contributed by atoms with Crippen molar-refractivity contribution in [2.24, 2.45) is 0 Å². The maximum absolute atomic E-state index is 12.6.